The summed E-state index contributed by atoms with van der Waals surface area (Å²) >= 11 is 0. The Morgan fingerprint density at radius 3 is 2.50 bits per heavy atom. The normalized spacial score (nSPS) is 45.0. The van der Waals surface area contributed by atoms with Crippen molar-refractivity contribution in [2.45, 2.75) is 56.7 Å². The Morgan fingerprint density at radius 1 is 1.19 bits per heavy atom. The summed E-state index contributed by atoms with van der Waals surface area (Å²) in [6, 6.07) is -0.132. The fourth-order valence-corrected chi connectivity index (χ4v) is 2.90. The highest BCUT2D eigenvalue weighted by Crippen LogP contribution is 2.28. The number of rotatable bonds is 2. The fraction of sp³-hybridized carbons (Fsp3) is 1.00. The van der Waals surface area contributed by atoms with E-state index in [1.165, 1.54) is 0 Å². The van der Waals surface area contributed by atoms with Crippen molar-refractivity contribution < 1.29 is 15.3 Å². The van der Waals surface area contributed by atoms with Crippen molar-refractivity contribution in [1.82, 2.24) is 10.2 Å². The van der Waals surface area contributed by atoms with Gasteiger partial charge in [0.15, 0.2) is 0 Å². The highest BCUT2D eigenvalue weighted by Gasteiger charge is 2.47. The van der Waals surface area contributed by atoms with Crippen molar-refractivity contribution in [3.05, 3.63) is 0 Å². The lowest BCUT2D eigenvalue weighted by molar-refractivity contribution is -0.102. The van der Waals surface area contributed by atoms with Crippen LogP contribution in [0.4, 0.5) is 0 Å². The van der Waals surface area contributed by atoms with Gasteiger partial charge in [0.25, 0.3) is 0 Å². The van der Waals surface area contributed by atoms with Crippen LogP contribution >= 0.6 is 0 Å². The van der Waals surface area contributed by atoms with Crippen LogP contribution in [0.25, 0.3) is 0 Å². The number of aliphatic hydroxyl groups is 3. The van der Waals surface area contributed by atoms with Crippen molar-refractivity contribution >= 4 is 0 Å². The average molecular weight is 230 g/mol. The van der Waals surface area contributed by atoms with E-state index in [2.05, 4.69) is 10.2 Å². The predicted molar refractivity (Wildman–Crippen MR) is 60.1 cm³/mol. The SMILES string of the molecule is CC(C)N[C@H]1CN2CC[C@H](O)C2[C@@H](O)[C@@H]1O. The molecule has 5 nitrogen and oxygen atoms in total. The molecule has 0 aliphatic carbocycles. The number of aliphatic hydroxyl groups excluding tert-OH is 3. The molecule has 2 saturated heterocycles. The molecule has 0 spiro atoms. The Morgan fingerprint density at radius 2 is 1.88 bits per heavy atom. The van der Waals surface area contributed by atoms with Gasteiger partial charge in [0, 0.05) is 25.2 Å². The number of nitrogens with one attached hydrogen (secondary N) is 1. The molecule has 0 aromatic carbocycles. The summed E-state index contributed by atoms with van der Waals surface area (Å²) in [6.45, 7) is 5.53. The second-order valence-corrected chi connectivity index (χ2v) is 5.25. The molecule has 1 unspecified atom stereocenters. The molecule has 2 aliphatic heterocycles. The lowest BCUT2D eigenvalue weighted by Crippen LogP contribution is -2.65. The summed E-state index contributed by atoms with van der Waals surface area (Å²) in [5, 5.41) is 33.0. The van der Waals surface area contributed by atoms with Crippen molar-refractivity contribution in [2.24, 2.45) is 0 Å². The minimum atomic E-state index is -0.859. The average Bonchev–Trinajstić information content (AvgIpc) is 2.55. The summed E-state index contributed by atoms with van der Waals surface area (Å²) in [7, 11) is 0. The lowest BCUT2D eigenvalue weighted by atomic mass is 9.91. The van der Waals surface area contributed by atoms with Crippen LogP contribution in [0.15, 0.2) is 0 Å². The molecule has 4 N–H and O–H groups in total. The maximum Gasteiger partial charge on any atom is 0.0994 e. The van der Waals surface area contributed by atoms with Crippen LogP contribution < -0.4 is 5.32 Å². The van der Waals surface area contributed by atoms with Crippen molar-refractivity contribution in [3.63, 3.8) is 0 Å². The highest BCUT2D eigenvalue weighted by atomic mass is 16.3. The molecule has 5 atom stereocenters. The Hall–Kier alpha value is -0.200. The van der Waals surface area contributed by atoms with E-state index in [0.29, 0.717) is 13.0 Å². The van der Waals surface area contributed by atoms with E-state index in [1.807, 2.05) is 13.8 Å². The van der Waals surface area contributed by atoms with E-state index in [9.17, 15) is 15.3 Å². The first kappa shape index (κ1) is 12.3. The van der Waals surface area contributed by atoms with E-state index in [4.69, 9.17) is 0 Å². The molecular weight excluding hydrogens is 208 g/mol. The first-order chi connectivity index (χ1) is 7.50. The number of hydrogen-bond donors (Lipinski definition) is 4. The zero-order valence-electron chi connectivity index (χ0n) is 9.87. The quantitative estimate of drug-likeness (QED) is 0.466. The second kappa shape index (κ2) is 4.58. The summed E-state index contributed by atoms with van der Waals surface area (Å²) < 4.78 is 0. The molecule has 2 heterocycles. The third kappa shape index (κ3) is 2.10. The van der Waals surface area contributed by atoms with E-state index in [-0.39, 0.29) is 18.1 Å². The minimum Gasteiger partial charge on any atom is -0.391 e. The van der Waals surface area contributed by atoms with Crippen molar-refractivity contribution in [2.75, 3.05) is 13.1 Å². The topological polar surface area (TPSA) is 76.0 Å². The van der Waals surface area contributed by atoms with Gasteiger partial charge in [-0.1, -0.05) is 13.8 Å². The summed E-state index contributed by atoms with van der Waals surface area (Å²) in [4.78, 5) is 2.07. The van der Waals surface area contributed by atoms with Gasteiger partial charge in [-0.25, -0.2) is 0 Å². The molecule has 0 amide bonds. The molecule has 5 heteroatoms. The van der Waals surface area contributed by atoms with E-state index >= 15 is 0 Å². The van der Waals surface area contributed by atoms with Crippen LogP contribution in [0.5, 0.6) is 0 Å². The lowest BCUT2D eigenvalue weighted by Gasteiger charge is -2.43. The molecule has 16 heavy (non-hydrogen) atoms. The first-order valence-corrected chi connectivity index (χ1v) is 6.05. The smallest absolute Gasteiger partial charge is 0.0994 e. The molecule has 2 rings (SSSR count). The Bertz CT molecular complexity index is 249. The van der Waals surface area contributed by atoms with E-state index in [1.54, 1.807) is 0 Å². The zero-order valence-corrected chi connectivity index (χ0v) is 9.87. The van der Waals surface area contributed by atoms with Gasteiger partial charge in [0.1, 0.15) is 0 Å². The largest absolute Gasteiger partial charge is 0.391 e. The van der Waals surface area contributed by atoms with Gasteiger partial charge in [0.05, 0.1) is 24.4 Å². The fourth-order valence-electron chi connectivity index (χ4n) is 2.90. The highest BCUT2D eigenvalue weighted by molar-refractivity contribution is 5.03. The number of hydrogen-bond acceptors (Lipinski definition) is 5. The van der Waals surface area contributed by atoms with Gasteiger partial charge in [-0.3, -0.25) is 4.90 Å². The standard InChI is InChI=1S/C11H22N2O3/c1-6(2)12-7-5-13-4-3-8(14)9(13)11(16)10(7)15/h6-12,14-16H,3-5H2,1-2H3/t7-,8-,9?,10+,11+/m0/s1. The number of piperidine rings is 1. The summed E-state index contributed by atoms with van der Waals surface area (Å²) in [6.07, 6.45) is -1.48. The van der Waals surface area contributed by atoms with Crippen molar-refractivity contribution in [3.8, 4) is 0 Å². The van der Waals surface area contributed by atoms with Gasteiger partial charge < -0.3 is 20.6 Å². The van der Waals surface area contributed by atoms with Crippen LogP contribution in [-0.2, 0) is 0 Å². The third-order valence-electron chi connectivity index (χ3n) is 3.62. The molecule has 0 saturated carbocycles. The van der Waals surface area contributed by atoms with Crippen molar-refractivity contribution in [1.29, 1.82) is 0 Å². The molecule has 0 bridgehead atoms. The molecular formula is C11H22N2O3. The summed E-state index contributed by atoms with van der Waals surface area (Å²) in [5.41, 5.74) is 0. The minimum absolute atomic E-state index is 0.114. The van der Waals surface area contributed by atoms with Gasteiger partial charge in [0.2, 0.25) is 0 Å². The molecule has 0 aromatic rings. The molecule has 2 aliphatic rings. The van der Waals surface area contributed by atoms with Crippen LogP contribution in [0.1, 0.15) is 20.3 Å². The van der Waals surface area contributed by atoms with Crippen LogP contribution in [0.3, 0.4) is 0 Å². The van der Waals surface area contributed by atoms with Crippen LogP contribution in [0.2, 0.25) is 0 Å². The Balaban J connectivity index is 2.06. The van der Waals surface area contributed by atoms with E-state index < -0.39 is 18.3 Å². The molecule has 0 radical (unpaired) electrons. The number of nitrogens with zero attached hydrogens (tertiary/aromatic N) is 1. The van der Waals surface area contributed by atoms with Gasteiger partial charge in [-0.2, -0.15) is 0 Å². The third-order valence-corrected chi connectivity index (χ3v) is 3.62. The van der Waals surface area contributed by atoms with Crippen LogP contribution in [0, 0.1) is 0 Å². The zero-order chi connectivity index (χ0) is 11.9. The predicted octanol–water partition coefficient (Wildman–Crippen LogP) is -1.48. The second-order valence-electron chi connectivity index (χ2n) is 5.25. The monoisotopic (exact) mass is 230 g/mol. The maximum absolute atomic E-state index is 10.0. The van der Waals surface area contributed by atoms with Gasteiger partial charge in [-0.05, 0) is 6.42 Å². The molecule has 94 valence electrons. The number of fused-ring (bicyclic) bond motifs is 1. The van der Waals surface area contributed by atoms with Gasteiger partial charge in [-0.15, -0.1) is 0 Å². The molecule has 0 aromatic heterocycles. The maximum atomic E-state index is 10.0. The van der Waals surface area contributed by atoms with Crippen LogP contribution in [-0.4, -0.2) is 69.7 Å². The van der Waals surface area contributed by atoms with E-state index in [0.717, 1.165) is 6.54 Å². The Kier molecular flexibility index (Phi) is 3.51. The Labute approximate surface area is 96.1 Å². The summed E-state index contributed by atoms with van der Waals surface area (Å²) in [5.74, 6) is 0. The van der Waals surface area contributed by atoms with Gasteiger partial charge >= 0.3 is 0 Å². The molecule has 2 fully saturated rings. The first-order valence-electron chi connectivity index (χ1n) is 6.05.